The van der Waals surface area contributed by atoms with Gasteiger partial charge < -0.3 is 16.6 Å². The average molecular weight is 129 g/mol. The molecular formula is C4H7N3O2. The van der Waals surface area contributed by atoms with Crippen molar-refractivity contribution in [1.29, 1.82) is 0 Å². The first-order chi connectivity index (χ1) is 4.20. The van der Waals surface area contributed by atoms with Crippen LogP contribution in [0, 0.1) is 0 Å². The zero-order valence-corrected chi connectivity index (χ0v) is 4.61. The molecule has 0 fully saturated rings. The molecule has 0 aromatic rings. The van der Waals surface area contributed by atoms with Crippen LogP contribution < -0.4 is 11.5 Å². The van der Waals surface area contributed by atoms with Gasteiger partial charge in [-0.3, -0.25) is 4.79 Å². The van der Waals surface area contributed by atoms with Gasteiger partial charge in [-0.05, 0) is 0 Å². The molecule has 0 aliphatic heterocycles. The Hall–Kier alpha value is -1.52. The largest absolute Gasteiger partial charge is 0.513 e. The topological polar surface area (TPSA) is 102 Å². The van der Waals surface area contributed by atoms with Crippen molar-refractivity contribution in [2.45, 2.75) is 0 Å². The van der Waals surface area contributed by atoms with Crippen LogP contribution in [0.25, 0.3) is 0 Å². The Morgan fingerprint density at radius 1 is 1.56 bits per heavy atom. The molecule has 0 saturated heterocycles. The first kappa shape index (κ1) is 7.48. The number of hydrogen-bond donors (Lipinski definition) is 3. The van der Waals surface area contributed by atoms with Crippen molar-refractivity contribution in [3.63, 3.8) is 0 Å². The van der Waals surface area contributed by atoms with E-state index in [2.05, 4.69) is 4.99 Å². The van der Waals surface area contributed by atoms with E-state index < -0.39 is 0 Å². The summed E-state index contributed by atoms with van der Waals surface area (Å²) in [5.74, 6) is -0.262. The van der Waals surface area contributed by atoms with Crippen LogP contribution in [-0.4, -0.2) is 17.4 Å². The summed E-state index contributed by atoms with van der Waals surface area (Å²) in [6.45, 7) is 0. The van der Waals surface area contributed by atoms with Crippen molar-refractivity contribution in [1.82, 2.24) is 0 Å². The van der Waals surface area contributed by atoms with Crippen molar-refractivity contribution in [2.24, 2.45) is 16.5 Å². The maximum absolute atomic E-state index is 9.83. The number of aliphatic hydroxyl groups is 1. The first-order valence-electron chi connectivity index (χ1n) is 2.10. The van der Waals surface area contributed by atoms with Gasteiger partial charge in [-0.15, -0.1) is 0 Å². The van der Waals surface area contributed by atoms with E-state index in [-0.39, 0.29) is 11.7 Å². The summed E-state index contributed by atoms with van der Waals surface area (Å²) in [4.78, 5) is 13.1. The number of aldehydes is 1. The summed E-state index contributed by atoms with van der Waals surface area (Å²) in [5.41, 5.74) is 9.52. The quantitative estimate of drug-likeness (QED) is 0.144. The summed E-state index contributed by atoms with van der Waals surface area (Å²) >= 11 is 0. The lowest BCUT2D eigenvalue weighted by Crippen LogP contribution is -2.22. The highest BCUT2D eigenvalue weighted by molar-refractivity contribution is 5.83. The zero-order valence-electron chi connectivity index (χ0n) is 4.61. The van der Waals surface area contributed by atoms with Crippen molar-refractivity contribution in [3.8, 4) is 0 Å². The third-order valence-electron chi connectivity index (χ3n) is 0.511. The number of hydrogen-bond acceptors (Lipinski definition) is 3. The summed E-state index contributed by atoms with van der Waals surface area (Å²) in [6, 6.07) is 0. The third-order valence-corrected chi connectivity index (χ3v) is 0.511. The highest BCUT2D eigenvalue weighted by Crippen LogP contribution is 1.85. The van der Waals surface area contributed by atoms with Crippen LogP contribution in [0.3, 0.4) is 0 Å². The lowest BCUT2D eigenvalue weighted by molar-refractivity contribution is -0.105. The fourth-order valence-corrected chi connectivity index (χ4v) is 0.235. The highest BCUT2D eigenvalue weighted by atomic mass is 16.2. The molecule has 0 saturated carbocycles. The molecule has 5 heteroatoms. The van der Waals surface area contributed by atoms with Crippen LogP contribution in [0.4, 0.5) is 0 Å². The highest BCUT2D eigenvalue weighted by Gasteiger charge is 1.88. The first-order valence-corrected chi connectivity index (χ1v) is 2.10. The van der Waals surface area contributed by atoms with Crippen LogP contribution in [0.15, 0.2) is 17.0 Å². The van der Waals surface area contributed by atoms with Crippen LogP contribution >= 0.6 is 0 Å². The summed E-state index contributed by atoms with van der Waals surface area (Å²) in [6.07, 6.45) is 0.854. The molecule has 0 aromatic carbocycles. The van der Waals surface area contributed by atoms with E-state index >= 15 is 0 Å². The SMILES string of the molecule is NC(N)=N/C(C=O)=C\O. The Morgan fingerprint density at radius 3 is 2.22 bits per heavy atom. The molecule has 0 amide bonds. The average Bonchev–Trinajstić information content (AvgIpc) is 1.82. The van der Waals surface area contributed by atoms with Gasteiger partial charge in [0.05, 0.1) is 0 Å². The second-order valence-electron chi connectivity index (χ2n) is 1.21. The molecule has 5 N–H and O–H groups in total. The van der Waals surface area contributed by atoms with Gasteiger partial charge in [0.25, 0.3) is 0 Å². The number of allylic oxidation sites excluding steroid dienone is 1. The second kappa shape index (κ2) is 3.48. The van der Waals surface area contributed by atoms with E-state index in [0.29, 0.717) is 12.5 Å². The molecule has 50 valence electrons. The normalized spacial score (nSPS) is 10.4. The molecule has 9 heavy (non-hydrogen) atoms. The summed E-state index contributed by atoms with van der Waals surface area (Å²) in [7, 11) is 0. The minimum absolute atomic E-state index is 0.199. The molecular weight excluding hydrogens is 122 g/mol. The number of aliphatic imine (C=N–C) groups is 1. The number of carbonyl (C=O) groups excluding carboxylic acids is 1. The van der Waals surface area contributed by atoms with E-state index in [1.165, 1.54) is 0 Å². The second-order valence-corrected chi connectivity index (χ2v) is 1.21. The van der Waals surface area contributed by atoms with Gasteiger partial charge in [0.15, 0.2) is 12.2 Å². The Morgan fingerprint density at radius 2 is 2.11 bits per heavy atom. The van der Waals surface area contributed by atoms with E-state index in [1.807, 2.05) is 0 Å². The number of carbonyl (C=O) groups is 1. The van der Waals surface area contributed by atoms with E-state index in [4.69, 9.17) is 16.6 Å². The molecule has 0 aliphatic carbocycles. The van der Waals surface area contributed by atoms with E-state index in [1.54, 1.807) is 0 Å². The van der Waals surface area contributed by atoms with Gasteiger partial charge in [0.1, 0.15) is 12.0 Å². The third kappa shape index (κ3) is 3.10. The maximum Gasteiger partial charge on any atom is 0.191 e. The smallest absolute Gasteiger partial charge is 0.191 e. The predicted octanol–water partition coefficient (Wildman–Crippen LogP) is -1.14. The molecule has 0 bridgehead atoms. The van der Waals surface area contributed by atoms with Crippen LogP contribution in [0.2, 0.25) is 0 Å². The molecule has 0 heterocycles. The zero-order chi connectivity index (χ0) is 7.28. The molecule has 0 unspecified atom stereocenters. The van der Waals surface area contributed by atoms with Crippen molar-refractivity contribution >= 4 is 12.2 Å². The molecule has 0 atom stereocenters. The van der Waals surface area contributed by atoms with Crippen LogP contribution in [0.5, 0.6) is 0 Å². The predicted molar refractivity (Wildman–Crippen MR) is 32.6 cm³/mol. The lowest BCUT2D eigenvalue weighted by Gasteiger charge is -1.87. The summed E-state index contributed by atoms with van der Waals surface area (Å²) < 4.78 is 0. The number of nitrogens with zero attached hydrogens (tertiary/aromatic N) is 1. The molecule has 0 spiro atoms. The number of aliphatic hydroxyl groups excluding tert-OH is 1. The Bertz CT molecular complexity index is 157. The van der Waals surface area contributed by atoms with Gasteiger partial charge in [-0.25, -0.2) is 4.99 Å². The van der Waals surface area contributed by atoms with Gasteiger partial charge in [-0.1, -0.05) is 0 Å². The van der Waals surface area contributed by atoms with Gasteiger partial charge in [-0.2, -0.15) is 0 Å². The summed E-state index contributed by atoms with van der Waals surface area (Å²) in [5, 5.41) is 8.16. The van der Waals surface area contributed by atoms with E-state index in [0.717, 1.165) is 0 Å². The molecule has 0 rings (SSSR count). The van der Waals surface area contributed by atoms with Crippen molar-refractivity contribution < 1.29 is 9.90 Å². The van der Waals surface area contributed by atoms with E-state index in [9.17, 15) is 4.79 Å². The molecule has 5 nitrogen and oxygen atoms in total. The molecule has 0 aromatic heterocycles. The standard InChI is InChI=1S/C4H7N3O2/c5-4(6)7-3(1-8)2-9/h1-2,8H,(H4,5,6,7)/b3-1-. The Labute approximate surface area is 51.7 Å². The Balaban J connectivity index is 4.18. The van der Waals surface area contributed by atoms with Crippen LogP contribution in [-0.2, 0) is 4.79 Å². The lowest BCUT2D eigenvalue weighted by atomic mass is 10.5. The number of guanidine groups is 1. The number of nitrogens with two attached hydrogens (primary N) is 2. The Kier molecular flexibility index (Phi) is 2.89. The van der Waals surface area contributed by atoms with Gasteiger partial charge >= 0.3 is 0 Å². The minimum atomic E-state index is -0.262. The molecule has 0 radical (unpaired) electrons. The van der Waals surface area contributed by atoms with Crippen molar-refractivity contribution in [2.75, 3.05) is 0 Å². The number of rotatable bonds is 2. The van der Waals surface area contributed by atoms with Crippen molar-refractivity contribution in [3.05, 3.63) is 12.0 Å². The van der Waals surface area contributed by atoms with Gasteiger partial charge in [0, 0.05) is 0 Å². The molecule has 0 aliphatic rings. The fourth-order valence-electron chi connectivity index (χ4n) is 0.235. The monoisotopic (exact) mass is 129 g/mol. The van der Waals surface area contributed by atoms with Gasteiger partial charge in [0.2, 0.25) is 0 Å². The maximum atomic E-state index is 9.83. The fraction of sp³-hybridized carbons (Fsp3) is 0. The minimum Gasteiger partial charge on any atom is -0.513 e. The van der Waals surface area contributed by atoms with Crippen LogP contribution in [0.1, 0.15) is 0 Å².